The highest BCUT2D eigenvalue weighted by Crippen LogP contribution is 2.07. The van der Waals surface area contributed by atoms with Gasteiger partial charge in [-0.05, 0) is 25.8 Å². The van der Waals surface area contributed by atoms with Crippen LogP contribution in [0.2, 0.25) is 0 Å². The van der Waals surface area contributed by atoms with Gasteiger partial charge in [0.15, 0.2) is 5.82 Å². The summed E-state index contributed by atoms with van der Waals surface area (Å²) in [5.74, 6) is 1.43. The van der Waals surface area contributed by atoms with Crippen LogP contribution in [-0.4, -0.2) is 27.2 Å². The SMILES string of the molecule is CCCC(C)CNC(C)c1nn[nH]n1. The molecule has 1 aromatic heterocycles. The molecule has 0 radical (unpaired) electrons. The Morgan fingerprint density at radius 1 is 1.43 bits per heavy atom. The standard InChI is InChI=1S/C9H19N5/c1-4-5-7(2)6-10-8(3)9-11-13-14-12-9/h7-8,10H,4-6H2,1-3H3,(H,11,12,13,14). The second kappa shape index (κ2) is 5.70. The predicted molar refractivity (Wildman–Crippen MR) is 54.7 cm³/mol. The number of rotatable bonds is 6. The van der Waals surface area contributed by atoms with E-state index in [1.807, 2.05) is 6.92 Å². The second-order valence-electron chi connectivity index (χ2n) is 3.79. The molecule has 5 heteroatoms. The van der Waals surface area contributed by atoms with E-state index in [9.17, 15) is 0 Å². The first-order valence-electron chi connectivity index (χ1n) is 5.20. The minimum Gasteiger partial charge on any atom is -0.307 e. The number of nitrogens with zero attached hydrogens (tertiary/aromatic N) is 3. The Kier molecular flexibility index (Phi) is 4.52. The van der Waals surface area contributed by atoms with Gasteiger partial charge in [-0.3, -0.25) is 0 Å². The number of aromatic amines is 1. The number of hydrogen-bond donors (Lipinski definition) is 2. The van der Waals surface area contributed by atoms with Crippen molar-refractivity contribution in [1.82, 2.24) is 25.9 Å². The number of H-pyrrole nitrogens is 1. The zero-order valence-electron chi connectivity index (χ0n) is 9.12. The molecule has 0 spiro atoms. The molecule has 1 rings (SSSR count). The first-order chi connectivity index (χ1) is 6.74. The molecule has 0 bridgehead atoms. The van der Waals surface area contributed by atoms with Gasteiger partial charge in [0.05, 0.1) is 6.04 Å². The molecule has 0 fully saturated rings. The van der Waals surface area contributed by atoms with Gasteiger partial charge in [-0.2, -0.15) is 5.21 Å². The van der Waals surface area contributed by atoms with Crippen molar-refractivity contribution in [3.63, 3.8) is 0 Å². The van der Waals surface area contributed by atoms with Crippen molar-refractivity contribution in [2.24, 2.45) is 5.92 Å². The van der Waals surface area contributed by atoms with Crippen molar-refractivity contribution >= 4 is 0 Å². The summed E-state index contributed by atoms with van der Waals surface area (Å²) in [6.45, 7) is 7.51. The van der Waals surface area contributed by atoms with Crippen molar-refractivity contribution in [2.75, 3.05) is 6.54 Å². The third-order valence-electron chi connectivity index (χ3n) is 2.30. The fourth-order valence-corrected chi connectivity index (χ4v) is 1.42. The van der Waals surface area contributed by atoms with Gasteiger partial charge >= 0.3 is 0 Å². The summed E-state index contributed by atoms with van der Waals surface area (Å²) < 4.78 is 0. The number of hydrogen-bond acceptors (Lipinski definition) is 4. The van der Waals surface area contributed by atoms with Crippen molar-refractivity contribution < 1.29 is 0 Å². The third-order valence-corrected chi connectivity index (χ3v) is 2.30. The van der Waals surface area contributed by atoms with Crippen LogP contribution in [-0.2, 0) is 0 Å². The minimum atomic E-state index is 0.174. The summed E-state index contributed by atoms with van der Waals surface area (Å²) in [6, 6.07) is 0.174. The Labute approximate surface area is 84.7 Å². The molecule has 0 aliphatic rings. The largest absolute Gasteiger partial charge is 0.307 e. The number of tetrazole rings is 1. The molecule has 0 aliphatic heterocycles. The van der Waals surface area contributed by atoms with Crippen LogP contribution in [0.1, 0.15) is 45.5 Å². The van der Waals surface area contributed by atoms with Crippen LogP contribution in [0.4, 0.5) is 0 Å². The Hall–Kier alpha value is -0.970. The average Bonchev–Trinajstić information content (AvgIpc) is 2.67. The van der Waals surface area contributed by atoms with E-state index in [0.717, 1.165) is 12.4 Å². The van der Waals surface area contributed by atoms with Crippen molar-refractivity contribution in [2.45, 2.75) is 39.7 Å². The Morgan fingerprint density at radius 2 is 2.21 bits per heavy atom. The van der Waals surface area contributed by atoms with E-state index >= 15 is 0 Å². The fraction of sp³-hybridized carbons (Fsp3) is 0.889. The molecule has 14 heavy (non-hydrogen) atoms. The van der Waals surface area contributed by atoms with Crippen LogP contribution in [0.5, 0.6) is 0 Å². The molecule has 2 N–H and O–H groups in total. The molecule has 0 amide bonds. The van der Waals surface area contributed by atoms with Gasteiger partial charge in [-0.1, -0.05) is 25.5 Å². The maximum atomic E-state index is 3.93. The quantitative estimate of drug-likeness (QED) is 0.721. The lowest BCUT2D eigenvalue weighted by Crippen LogP contribution is -2.25. The van der Waals surface area contributed by atoms with Gasteiger partial charge in [0.25, 0.3) is 0 Å². The zero-order valence-corrected chi connectivity index (χ0v) is 9.12. The molecule has 0 aliphatic carbocycles. The Bertz CT molecular complexity index is 233. The third kappa shape index (κ3) is 3.41. The van der Waals surface area contributed by atoms with E-state index in [-0.39, 0.29) is 6.04 Å². The van der Waals surface area contributed by atoms with E-state index in [1.54, 1.807) is 0 Å². The maximum Gasteiger partial charge on any atom is 0.191 e. The molecule has 0 saturated heterocycles. The lowest BCUT2D eigenvalue weighted by atomic mass is 10.1. The van der Waals surface area contributed by atoms with Crippen molar-refractivity contribution in [3.8, 4) is 0 Å². The van der Waals surface area contributed by atoms with E-state index in [2.05, 4.69) is 39.8 Å². The van der Waals surface area contributed by atoms with Crippen LogP contribution >= 0.6 is 0 Å². The highest BCUT2D eigenvalue weighted by Gasteiger charge is 2.10. The lowest BCUT2D eigenvalue weighted by Gasteiger charge is -2.14. The van der Waals surface area contributed by atoms with Gasteiger partial charge in [-0.25, -0.2) is 0 Å². The summed E-state index contributed by atoms with van der Waals surface area (Å²) in [6.07, 6.45) is 2.49. The number of nitrogens with one attached hydrogen (secondary N) is 2. The molecule has 0 saturated carbocycles. The van der Waals surface area contributed by atoms with E-state index < -0.39 is 0 Å². The summed E-state index contributed by atoms with van der Waals surface area (Å²) >= 11 is 0. The van der Waals surface area contributed by atoms with Crippen LogP contribution in [0.3, 0.4) is 0 Å². The highest BCUT2D eigenvalue weighted by atomic mass is 15.5. The van der Waals surface area contributed by atoms with Crippen molar-refractivity contribution in [3.05, 3.63) is 5.82 Å². The molecular weight excluding hydrogens is 178 g/mol. The monoisotopic (exact) mass is 197 g/mol. The van der Waals surface area contributed by atoms with E-state index in [4.69, 9.17) is 0 Å². The summed E-state index contributed by atoms with van der Waals surface area (Å²) in [5, 5.41) is 17.2. The molecule has 2 atom stereocenters. The molecule has 2 unspecified atom stereocenters. The summed E-state index contributed by atoms with van der Waals surface area (Å²) in [5.41, 5.74) is 0. The van der Waals surface area contributed by atoms with Gasteiger partial charge < -0.3 is 5.32 Å². The Balaban J connectivity index is 2.24. The topological polar surface area (TPSA) is 66.5 Å². The van der Waals surface area contributed by atoms with Crippen LogP contribution in [0.15, 0.2) is 0 Å². The van der Waals surface area contributed by atoms with Crippen LogP contribution in [0, 0.1) is 5.92 Å². The van der Waals surface area contributed by atoms with Gasteiger partial charge in [-0.15, -0.1) is 10.2 Å². The summed E-state index contributed by atoms with van der Waals surface area (Å²) in [7, 11) is 0. The second-order valence-corrected chi connectivity index (χ2v) is 3.79. The number of aromatic nitrogens is 4. The fourth-order valence-electron chi connectivity index (χ4n) is 1.42. The molecule has 1 aromatic rings. The Morgan fingerprint density at radius 3 is 2.79 bits per heavy atom. The lowest BCUT2D eigenvalue weighted by molar-refractivity contribution is 0.436. The molecular formula is C9H19N5. The average molecular weight is 197 g/mol. The van der Waals surface area contributed by atoms with Gasteiger partial charge in [0.1, 0.15) is 0 Å². The van der Waals surface area contributed by atoms with Crippen LogP contribution < -0.4 is 5.32 Å². The highest BCUT2D eigenvalue weighted by molar-refractivity contribution is 4.85. The predicted octanol–water partition coefficient (Wildman–Crippen LogP) is 1.29. The van der Waals surface area contributed by atoms with E-state index in [0.29, 0.717) is 5.92 Å². The smallest absolute Gasteiger partial charge is 0.191 e. The zero-order chi connectivity index (χ0) is 10.4. The normalized spacial score (nSPS) is 15.4. The molecule has 0 aromatic carbocycles. The first-order valence-corrected chi connectivity index (χ1v) is 5.20. The minimum absolute atomic E-state index is 0.174. The molecule has 5 nitrogen and oxygen atoms in total. The maximum absolute atomic E-state index is 3.93. The summed E-state index contributed by atoms with van der Waals surface area (Å²) in [4.78, 5) is 0. The van der Waals surface area contributed by atoms with E-state index in [1.165, 1.54) is 12.8 Å². The van der Waals surface area contributed by atoms with Gasteiger partial charge in [0, 0.05) is 0 Å². The van der Waals surface area contributed by atoms with Crippen molar-refractivity contribution in [1.29, 1.82) is 0 Å². The molecule has 80 valence electrons. The first kappa shape index (κ1) is 11.1. The molecule has 1 heterocycles. The van der Waals surface area contributed by atoms with Crippen LogP contribution in [0.25, 0.3) is 0 Å². The van der Waals surface area contributed by atoms with Gasteiger partial charge in [0.2, 0.25) is 0 Å².